The number of alkyl halides is 3. The Hall–Kier alpha value is -1.19. The zero-order valence-electron chi connectivity index (χ0n) is 6.73. The monoisotopic (exact) mass is 187 g/mol. The second-order valence-electron chi connectivity index (χ2n) is 3.02. The Balaban J connectivity index is 2.47. The Morgan fingerprint density at radius 1 is 1.31 bits per heavy atom. The molecule has 1 N–H and O–H groups in total. The van der Waals surface area contributed by atoms with Crippen LogP contribution in [0.4, 0.5) is 18.9 Å². The molecule has 0 spiro atoms. The van der Waals surface area contributed by atoms with Crippen molar-refractivity contribution in [1.29, 1.82) is 0 Å². The highest BCUT2D eigenvalue weighted by atomic mass is 19.3. The third kappa shape index (κ3) is 1.08. The lowest BCUT2D eigenvalue weighted by Crippen LogP contribution is -2.32. The summed E-state index contributed by atoms with van der Waals surface area (Å²) in [6.45, 7) is -1.07. The normalized spacial score (nSPS) is 23.8. The minimum Gasteiger partial charge on any atom is -0.374 e. The number of para-hydroxylation sites is 1. The van der Waals surface area contributed by atoms with E-state index in [1.165, 1.54) is 18.2 Å². The smallest absolute Gasteiger partial charge is 0.297 e. The van der Waals surface area contributed by atoms with E-state index in [2.05, 4.69) is 5.32 Å². The Morgan fingerprint density at radius 3 is 2.62 bits per heavy atom. The molecule has 1 aliphatic heterocycles. The summed E-state index contributed by atoms with van der Waals surface area (Å²) in [7, 11) is 0. The summed E-state index contributed by atoms with van der Waals surface area (Å²) >= 11 is 0. The van der Waals surface area contributed by atoms with Gasteiger partial charge in [-0.2, -0.15) is 8.78 Å². The molecule has 70 valence electrons. The van der Waals surface area contributed by atoms with E-state index in [4.69, 9.17) is 0 Å². The van der Waals surface area contributed by atoms with Gasteiger partial charge < -0.3 is 5.32 Å². The molecule has 4 heteroatoms. The van der Waals surface area contributed by atoms with Gasteiger partial charge in [-0.25, -0.2) is 4.39 Å². The molecular weight excluding hydrogens is 179 g/mol. The lowest BCUT2D eigenvalue weighted by molar-refractivity contribution is -0.0215. The maximum absolute atomic E-state index is 13.3. The van der Waals surface area contributed by atoms with Crippen LogP contribution >= 0.6 is 0 Å². The van der Waals surface area contributed by atoms with Crippen LogP contribution in [-0.2, 0) is 5.92 Å². The number of fused-ring (bicyclic) bond motifs is 1. The predicted molar refractivity (Wildman–Crippen MR) is 43.7 cm³/mol. The van der Waals surface area contributed by atoms with Crippen LogP contribution in [0, 0.1) is 0 Å². The molecule has 0 saturated heterocycles. The minimum absolute atomic E-state index is 0.113. The van der Waals surface area contributed by atoms with Gasteiger partial charge in [0.2, 0.25) is 0 Å². The van der Waals surface area contributed by atoms with E-state index >= 15 is 0 Å². The lowest BCUT2D eigenvalue weighted by Gasteiger charge is -2.15. The van der Waals surface area contributed by atoms with Gasteiger partial charge >= 0.3 is 0 Å². The highest BCUT2D eigenvalue weighted by molar-refractivity contribution is 5.59. The Labute approximate surface area is 73.6 Å². The standard InChI is InChI=1S/C9H8F3N/c10-5-8-9(11,12)6-3-1-2-4-7(6)13-8/h1-4,8,13H,5H2. The Kier molecular flexibility index (Phi) is 1.71. The second kappa shape index (κ2) is 2.65. The topological polar surface area (TPSA) is 12.0 Å². The van der Waals surface area contributed by atoms with Crippen LogP contribution in [0.5, 0.6) is 0 Å². The summed E-state index contributed by atoms with van der Waals surface area (Å²) in [5.41, 5.74) is 0.216. The fourth-order valence-electron chi connectivity index (χ4n) is 1.50. The van der Waals surface area contributed by atoms with Gasteiger partial charge in [-0.05, 0) is 6.07 Å². The van der Waals surface area contributed by atoms with E-state index in [-0.39, 0.29) is 5.56 Å². The fraction of sp³-hybridized carbons (Fsp3) is 0.333. The molecule has 1 nitrogen and oxygen atoms in total. The van der Waals surface area contributed by atoms with Crippen molar-refractivity contribution in [2.75, 3.05) is 12.0 Å². The Bertz CT molecular complexity index is 324. The minimum atomic E-state index is -3.09. The van der Waals surface area contributed by atoms with Crippen molar-refractivity contribution < 1.29 is 13.2 Å². The van der Waals surface area contributed by atoms with Gasteiger partial charge in [0.15, 0.2) is 0 Å². The summed E-state index contributed by atoms with van der Waals surface area (Å²) in [5.74, 6) is -3.09. The molecule has 1 atom stereocenters. The van der Waals surface area contributed by atoms with E-state index in [9.17, 15) is 13.2 Å². The van der Waals surface area contributed by atoms with Crippen molar-refractivity contribution in [3.63, 3.8) is 0 Å². The molecule has 1 aromatic rings. The van der Waals surface area contributed by atoms with E-state index in [0.717, 1.165) is 0 Å². The van der Waals surface area contributed by atoms with Crippen LogP contribution in [0.1, 0.15) is 5.56 Å². The summed E-state index contributed by atoms with van der Waals surface area (Å²) in [6, 6.07) is 4.60. The maximum atomic E-state index is 13.3. The van der Waals surface area contributed by atoms with Crippen LogP contribution in [0.25, 0.3) is 0 Å². The first kappa shape index (κ1) is 8.41. The van der Waals surface area contributed by atoms with Crippen molar-refractivity contribution in [3.05, 3.63) is 29.8 Å². The summed E-state index contributed by atoms with van der Waals surface area (Å²) in [6.07, 6.45) is 0. The molecule has 0 aliphatic carbocycles. The third-order valence-corrected chi connectivity index (χ3v) is 2.21. The van der Waals surface area contributed by atoms with Crippen molar-refractivity contribution >= 4 is 5.69 Å². The van der Waals surface area contributed by atoms with Crippen LogP contribution < -0.4 is 5.32 Å². The van der Waals surface area contributed by atoms with Crippen molar-refractivity contribution in [3.8, 4) is 0 Å². The largest absolute Gasteiger partial charge is 0.374 e. The SMILES string of the molecule is FCC1Nc2ccccc2C1(F)F. The zero-order chi connectivity index (χ0) is 9.47. The second-order valence-corrected chi connectivity index (χ2v) is 3.02. The van der Waals surface area contributed by atoms with Gasteiger partial charge in [-0.15, -0.1) is 0 Å². The third-order valence-electron chi connectivity index (χ3n) is 2.21. The van der Waals surface area contributed by atoms with Gasteiger partial charge in [-0.3, -0.25) is 0 Å². The number of nitrogens with one attached hydrogen (secondary N) is 1. The van der Waals surface area contributed by atoms with Gasteiger partial charge in [0.25, 0.3) is 5.92 Å². The average Bonchev–Trinajstić information content (AvgIpc) is 2.39. The van der Waals surface area contributed by atoms with E-state index < -0.39 is 18.6 Å². The quantitative estimate of drug-likeness (QED) is 0.712. The zero-order valence-corrected chi connectivity index (χ0v) is 6.73. The van der Waals surface area contributed by atoms with E-state index in [0.29, 0.717) is 5.69 Å². The fourth-order valence-corrected chi connectivity index (χ4v) is 1.50. The van der Waals surface area contributed by atoms with Crippen LogP contribution in [0.15, 0.2) is 24.3 Å². The van der Waals surface area contributed by atoms with Crippen LogP contribution in [-0.4, -0.2) is 12.7 Å². The molecule has 1 unspecified atom stereocenters. The number of hydrogen-bond donors (Lipinski definition) is 1. The summed E-state index contributed by atoms with van der Waals surface area (Å²) in [5, 5.41) is 2.45. The first-order valence-corrected chi connectivity index (χ1v) is 3.96. The molecule has 0 aromatic heterocycles. The number of anilines is 1. The van der Waals surface area contributed by atoms with Crippen molar-refractivity contribution in [2.24, 2.45) is 0 Å². The lowest BCUT2D eigenvalue weighted by atomic mass is 10.1. The first-order valence-electron chi connectivity index (χ1n) is 3.96. The number of rotatable bonds is 1. The summed E-state index contributed by atoms with van der Waals surface area (Å²) in [4.78, 5) is 0. The van der Waals surface area contributed by atoms with Gasteiger partial charge in [0.05, 0.1) is 0 Å². The first-order chi connectivity index (χ1) is 6.16. The van der Waals surface area contributed by atoms with Crippen molar-refractivity contribution in [1.82, 2.24) is 0 Å². The highest BCUT2D eigenvalue weighted by Crippen LogP contribution is 2.43. The molecule has 1 aromatic carbocycles. The van der Waals surface area contributed by atoms with E-state index in [1.54, 1.807) is 6.07 Å². The highest BCUT2D eigenvalue weighted by Gasteiger charge is 2.48. The molecular formula is C9H8F3N. The molecule has 0 radical (unpaired) electrons. The Morgan fingerprint density at radius 2 is 2.00 bits per heavy atom. The molecule has 13 heavy (non-hydrogen) atoms. The molecule has 0 amide bonds. The van der Waals surface area contributed by atoms with E-state index in [1.807, 2.05) is 0 Å². The number of benzene rings is 1. The van der Waals surface area contributed by atoms with Crippen LogP contribution in [0.2, 0.25) is 0 Å². The molecule has 0 fully saturated rings. The molecule has 1 aliphatic rings. The predicted octanol–water partition coefficient (Wildman–Crippen LogP) is 2.54. The molecule has 1 heterocycles. The average molecular weight is 187 g/mol. The molecule has 0 bridgehead atoms. The summed E-state index contributed by atoms with van der Waals surface area (Å²) < 4.78 is 38.8. The molecule has 0 saturated carbocycles. The molecule has 2 rings (SSSR count). The van der Waals surface area contributed by atoms with Gasteiger partial charge in [0, 0.05) is 11.3 Å². The maximum Gasteiger partial charge on any atom is 0.297 e. The van der Waals surface area contributed by atoms with Crippen molar-refractivity contribution in [2.45, 2.75) is 12.0 Å². The van der Waals surface area contributed by atoms with Crippen LogP contribution in [0.3, 0.4) is 0 Å². The van der Waals surface area contributed by atoms with Gasteiger partial charge in [-0.1, -0.05) is 18.2 Å². The number of hydrogen-bond acceptors (Lipinski definition) is 1. The van der Waals surface area contributed by atoms with Gasteiger partial charge in [0.1, 0.15) is 12.7 Å². The number of halogens is 3.